The molecule has 1 aromatic heterocycles. The van der Waals surface area contributed by atoms with Crippen molar-refractivity contribution < 1.29 is 57.2 Å². The number of rotatable bonds is 10. The molecule has 2 rings (SSSR count). The maximum atomic E-state index is 12.6. The minimum absolute atomic E-state index is 0.0775. The Balaban J connectivity index is 0.00000101. The Bertz CT molecular complexity index is 1250. The topological polar surface area (TPSA) is 220 Å². The van der Waals surface area contributed by atoms with Gasteiger partial charge in [-0.15, -0.1) is 11.3 Å². The Kier molecular flexibility index (Phi) is 12.1. The van der Waals surface area contributed by atoms with Crippen LogP contribution in [-0.4, -0.2) is 74.2 Å². The van der Waals surface area contributed by atoms with Gasteiger partial charge in [0.1, 0.15) is 22.5 Å². The highest BCUT2D eigenvalue weighted by atomic mass is 32.1. The number of carbonyl (C=O) groups excluding carboxylic acids is 2. The van der Waals surface area contributed by atoms with Crippen molar-refractivity contribution in [1.82, 2.24) is 10.2 Å². The normalized spacial score (nSPS) is 11.4. The van der Waals surface area contributed by atoms with Crippen LogP contribution in [0.15, 0.2) is 36.4 Å². The number of thiophene rings is 1. The van der Waals surface area contributed by atoms with E-state index in [4.69, 9.17) is 36.0 Å². The van der Waals surface area contributed by atoms with Crippen molar-refractivity contribution in [3.05, 3.63) is 51.7 Å². The second-order valence-electron chi connectivity index (χ2n) is 8.06. The molecule has 0 aliphatic carbocycles. The number of nitrogens with zero attached hydrogens (tertiary/aromatic N) is 1. The number of alkyl halides is 3. The molecule has 0 saturated heterocycles. The lowest BCUT2D eigenvalue weighted by Gasteiger charge is -2.27. The highest BCUT2D eigenvalue weighted by molar-refractivity contribution is 7.13. The lowest BCUT2D eigenvalue weighted by Crippen LogP contribution is -2.50. The minimum atomic E-state index is -5.08. The third kappa shape index (κ3) is 11.0. The molecule has 0 radical (unpaired) electrons. The number of amides is 2. The predicted octanol–water partition coefficient (Wildman–Crippen LogP) is 2.73. The van der Waals surface area contributed by atoms with Crippen LogP contribution < -0.4 is 15.8 Å². The number of hydrogen-bond donors (Lipinski definition) is 6. The summed E-state index contributed by atoms with van der Waals surface area (Å²) in [5, 5.41) is 34.7. The summed E-state index contributed by atoms with van der Waals surface area (Å²) in [4.78, 5) is 58.3. The Morgan fingerprint density at radius 2 is 1.60 bits per heavy atom. The fraction of sp³-hybridized carbons (Fsp3) is 0.304. The molecule has 1 aromatic carbocycles. The van der Waals surface area contributed by atoms with E-state index in [0.717, 1.165) is 11.3 Å². The summed E-state index contributed by atoms with van der Waals surface area (Å²) in [6, 6.07) is 6.70. The van der Waals surface area contributed by atoms with Crippen LogP contribution in [0.4, 0.5) is 18.0 Å². The van der Waals surface area contributed by atoms with E-state index >= 15 is 0 Å². The van der Waals surface area contributed by atoms with E-state index in [9.17, 15) is 32.3 Å². The van der Waals surface area contributed by atoms with Gasteiger partial charge < -0.3 is 36.0 Å². The summed E-state index contributed by atoms with van der Waals surface area (Å²) < 4.78 is 37.0. The first-order valence-corrected chi connectivity index (χ1v) is 11.8. The van der Waals surface area contributed by atoms with E-state index in [1.165, 1.54) is 17.0 Å². The van der Waals surface area contributed by atoms with E-state index in [2.05, 4.69) is 5.32 Å². The molecule has 13 nitrogen and oxygen atoms in total. The number of carboxylic acids is 3. The molecule has 218 valence electrons. The van der Waals surface area contributed by atoms with Crippen LogP contribution in [0.25, 0.3) is 0 Å². The van der Waals surface area contributed by atoms with Gasteiger partial charge in [0, 0.05) is 16.5 Å². The molecule has 0 spiro atoms. The van der Waals surface area contributed by atoms with Crippen LogP contribution in [-0.2, 0) is 20.9 Å². The number of nitrogens with one attached hydrogen (secondary N) is 2. The Morgan fingerprint density at radius 3 is 2.02 bits per heavy atom. The van der Waals surface area contributed by atoms with Gasteiger partial charge in [-0.2, -0.15) is 13.2 Å². The molecule has 2 aromatic rings. The lowest BCUT2D eigenvalue weighted by atomic mass is 10.2. The molecule has 0 bridgehead atoms. The highest BCUT2D eigenvalue weighted by Crippen LogP contribution is 2.22. The maximum Gasteiger partial charge on any atom is 0.490 e. The summed E-state index contributed by atoms with van der Waals surface area (Å²) in [6.45, 7) is 3.52. The molecule has 40 heavy (non-hydrogen) atoms. The van der Waals surface area contributed by atoms with E-state index in [1.807, 2.05) is 0 Å². The molecule has 17 heteroatoms. The summed E-state index contributed by atoms with van der Waals surface area (Å²) >= 11 is 1.11. The van der Waals surface area contributed by atoms with Gasteiger partial charge in [-0.25, -0.2) is 19.2 Å². The van der Waals surface area contributed by atoms with Crippen LogP contribution >= 0.6 is 11.3 Å². The first-order chi connectivity index (χ1) is 18.4. The monoisotopic (exact) mass is 590 g/mol. The van der Waals surface area contributed by atoms with Crippen LogP contribution in [0.1, 0.15) is 40.4 Å². The lowest BCUT2D eigenvalue weighted by molar-refractivity contribution is -0.192. The number of halogens is 3. The second-order valence-corrected chi connectivity index (χ2v) is 9.22. The Morgan fingerprint density at radius 1 is 1.05 bits per heavy atom. The smallest absolute Gasteiger partial charge is 0.481 e. The number of amidine groups is 1. The van der Waals surface area contributed by atoms with Gasteiger partial charge >= 0.3 is 36.1 Å². The van der Waals surface area contributed by atoms with Crippen molar-refractivity contribution in [2.24, 2.45) is 5.73 Å². The number of esters is 1. The maximum absolute atomic E-state index is 12.6. The third-order valence-electron chi connectivity index (χ3n) is 4.67. The van der Waals surface area contributed by atoms with Crippen molar-refractivity contribution >= 4 is 47.1 Å². The summed E-state index contributed by atoms with van der Waals surface area (Å²) in [6.07, 6.45) is -5.84. The molecule has 7 N–H and O–H groups in total. The standard InChI is InChI=1S/C21H24N4O7S.C2HF3O2/c1-11(2)25(21(31)24-15(19(28)29)9-17(26)27)10-14-7-8-16(33-14)20(30)32-13-5-3-12(4-6-13)18(22)23;3-2(4,5)1(6)7/h3-8,11,15H,9-10H2,1-2H3,(H3,22,23)(H,24,31)(H,26,27)(H,28,29);(H,6,7). The van der Waals surface area contributed by atoms with Crippen molar-refractivity contribution in [1.29, 1.82) is 5.41 Å². The Labute approximate surface area is 228 Å². The molecule has 1 unspecified atom stereocenters. The van der Waals surface area contributed by atoms with Crippen LogP contribution in [0.3, 0.4) is 0 Å². The van der Waals surface area contributed by atoms with Gasteiger partial charge in [-0.1, -0.05) is 0 Å². The molecule has 0 fully saturated rings. The first-order valence-electron chi connectivity index (χ1n) is 11.0. The quantitative estimate of drug-likeness (QED) is 0.103. The molecule has 1 atom stereocenters. The number of benzene rings is 1. The van der Waals surface area contributed by atoms with Crippen LogP contribution in [0, 0.1) is 5.41 Å². The van der Waals surface area contributed by atoms with Gasteiger partial charge in [0.2, 0.25) is 0 Å². The van der Waals surface area contributed by atoms with Crippen molar-refractivity contribution in [3.63, 3.8) is 0 Å². The van der Waals surface area contributed by atoms with Crippen molar-refractivity contribution in [2.75, 3.05) is 0 Å². The molecule has 2 amide bonds. The zero-order chi connectivity index (χ0) is 30.8. The predicted molar refractivity (Wildman–Crippen MR) is 133 cm³/mol. The SMILES string of the molecule is CC(C)N(Cc1ccc(C(=O)Oc2ccc(C(=N)N)cc2)s1)C(=O)NC(CC(=O)O)C(=O)O.O=C(O)C(F)(F)F. The molecule has 0 aliphatic rings. The van der Waals surface area contributed by atoms with Crippen LogP contribution in [0.2, 0.25) is 0 Å². The van der Waals surface area contributed by atoms with E-state index < -0.39 is 48.5 Å². The van der Waals surface area contributed by atoms with Gasteiger partial charge in [-0.05, 0) is 50.2 Å². The average molecular weight is 591 g/mol. The van der Waals surface area contributed by atoms with Crippen molar-refractivity contribution in [2.45, 2.75) is 45.1 Å². The average Bonchev–Trinajstić information content (AvgIpc) is 3.30. The molecule has 1 heterocycles. The van der Waals surface area contributed by atoms with E-state index in [1.54, 1.807) is 38.1 Å². The zero-order valence-corrected chi connectivity index (χ0v) is 21.7. The third-order valence-corrected chi connectivity index (χ3v) is 5.72. The number of nitrogens with two attached hydrogens (primary N) is 1. The molecule has 0 saturated carbocycles. The summed E-state index contributed by atoms with van der Waals surface area (Å²) in [5.74, 6) is -5.99. The van der Waals surface area contributed by atoms with Crippen LogP contribution in [0.5, 0.6) is 5.75 Å². The van der Waals surface area contributed by atoms with E-state index in [0.29, 0.717) is 15.3 Å². The second kappa shape index (κ2) is 14.5. The fourth-order valence-corrected chi connectivity index (χ4v) is 3.58. The van der Waals surface area contributed by atoms with Gasteiger partial charge in [0.05, 0.1) is 13.0 Å². The van der Waals surface area contributed by atoms with Gasteiger partial charge in [0.25, 0.3) is 0 Å². The number of carboxylic acid groups (broad SMARTS) is 3. The number of urea groups is 1. The van der Waals surface area contributed by atoms with Gasteiger partial charge in [-0.3, -0.25) is 10.2 Å². The number of ether oxygens (including phenoxy) is 1. The molecular formula is C23H25F3N4O9S. The zero-order valence-electron chi connectivity index (χ0n) is 20.9. The number of nitrogen functional groups attached to an aromatic ring is 1. The minimum Gasteiger partial charge on any atom is -0.481 e. The van der Waals surface area contributed by atoms with E-state index in [-0.39, 0.29) is 24.2 Å². The largest absolute Gasteiger partial charge is 0.490 e. The number of carbonyl (C=O) groups is 5. The number of aliphatic carboxylic acids is 3. The van der Waals surface area contributed by atoms with Gasteiger partial charge in [0.15, 0.2) is 0 Å². The highest BCUT2D eigenvalue weighted by Gasteiger charge is 2.38. The van der Waals surface area contributed by atoms with Crippen molar-refractivity contribution in [3.8, 4) is 5.75 Å². The Hall–Kier alpha value is -4.67. The summed E-state index contributed by atoms with van der Waals surface area (Å²) in [7, 11) is 0. The molecular weight excluding hydrogens is 565 g/mol. The summed E-state index contributed by atoms with van der Waals surface area (Å²) in [5.41, 5.74) is 5.89. The first kappa shape index (κ1) is 33.4. The fourth-order valence-electron chi connectivity index (χ4n) is 2.70. The molecule has 0 aliphatic heterocycles. The number of hydrogen-bond acceptors (Lipinski definition) is 8.